The number of carbonyl (C=O) groups is 2. The summed E-state index contributed by atoms with van der Waals surface area (Å²) in [6.07, 6.45) is 1.56. The van der Waals surface area contributed by atoms with Crippen LogP contribution in [0.3, 0.4) is 0 Å². The number of rotatable bonds is 4. The summed E-state index contributed by atoms with van der Waals surface area (Å²) in [5, 5.41) is 2.65. The first kappa shape index (κ1) is 18.5. The van der Waals surface area contributed by atoms with Gasteiger partial charge in [0.1, 0.15) is 11.3 Å². The van der Waals surface area contributed by atoms with Crippen LogP contribution in [0.25, 0.3) is 6.08 Å². The summed E-state index contributed by atoms with van der Waals surface area (Å²) in [5.41, 5.74) is 1.33. The van der Waals surface area contributed by atoms with E-state index in [4.69, 9.17) is 17.0 Å². The van der Waals surface area contributed by atoms with E-state index in [1.165, 1.54) is 4.90 Å². The van der Waals surface area contributed by atoms with Gasteiger partial charge in [-0.05, 0) is 83.7 Å². The zero-order valence-corrected chi connectivity index (χ0v) is 16.8. The van der Waals surface area contributed by atoms with Crippen LogP contribution in [0.5, 0.6) is 5.75 Å². The molecule has 1 fully saturated rings. The first-order valence-corrected chi connectivity index (χ1v) is 9.38. The van der Waals surface area contributed by atoms with Gasteiger partial charge in [-0.1, -0.05) is 18.2 Å². The molecule has 7 heteroatoms. The van der Waals surface area contributed by atoms with Crippen molar-refractivity contribution >= 4 is 63.5 Å². The fourth-order valence-corrected chi connectivity index (χ4v) is 3.50. The van der Waals surface area contributed by atoms with Crippen LogP contribution in [0.4, 0.5) is 5.69 Å². The smallest absolute Gasteiger partial charge is 0.270 e. The van der Waals surface area contributed by atoms with Gasteiger partial charge >= 0.3 is 0 Å². The lowest BCUT2D eigenvalue weighted by Crippen LogP contribution is -2.54. The maximum absolute atomic E-state index is 12.9. The van der Waals surface area contributed by atoms with E-state index >= 15 is 0 Å². The fraction of sp³-hybridized carbons (Fsp3) is 0.105. The molecule has 0 bridgehead atoms. The number of halogens is 1. The molecule has 5 nitrogen and oxygen atoms in total. The number of amides is 2. The van der Waals surface area contributed by atoms with Crippen molar-refractivity contribution in [1.82, 2.24) is 5.32 Å². The maximum atomic E-state index is 12.9. The Labute approximate surface area is 170 Å². The molecule has 0 aliphatic carbocycles. The van der Waals surface area contributed by atoms with Crippen molar-refractivity contribution in [3.05, 3.63) is 63.2 Å². The number of hydrogen-bond acceptors (Lipinski definition) is 4. The average Bonchev–Trinajstić information content (AvgIpc) is 2.59. The van der Waals surface area contributed by atoms with E-state index in [1.54, 1.807) is 36.4 Å². The van der Waals surface area contributed by atoms with Crippen LogP contribution >= 0.6 is 34.8 Å². The Morgan fingerprint density at radius 3 is 2.62 bits per heavy atom. The highest BCUT2D eigenvalue weighted by Gasteiger charge is 2.34. The minimum Gasteiger partial charge on any atom is -0.494 e. The Hall–Kier alpha value is -2.26. The van der Waals surface area contributed by atoms with Gasteiger partial charge in [-0.2, -0.15) is 0 Å². The maximum Gasteiger partial charge on any atom is 0.270 e. The molecule has 26 heavy (non-hydrogen) atoms. The van der Waals surface area contributed by atoms with Gasteiger partial charge in [0.2, 0.25) is 0 Å². The second kappa shape index (κ2) is 7.96. The van der Waals surface area contributed by atoms with Crippen molar-refractivity contribution in [1.29, 1.82) is 0 Å². The third-order valence-electron chi connectivity index (χ3n) is 3.63. The molecule has 2 aromatic rings. The topological polar surface area (TPSA) is 58.6 Å². The lowest BCUT2D eigenvalue weighted by atomic mass is 10.1. The number of ether oxygens (including phenoxy) is 1. The van der Waals surface area contributed by atoms with Gasteiger partial charge in [0.25, 0.3) is 11.8 Å². The number of thiocarbonyl (C=S) groups is 1. The summed E-state index contributed by atoms with van der Waals surface area (Å²) in [6.45, 7) is 2.43. The monoisotopic (exact) mass is 478 g/mol. The van der Waals surface area contributed by atoms with Crippen LogP contribution in [0, 0.1) is 3.57 Å². The molecule has 0 saturated carbocycles. The van der Waals surface area contributed by atoms with Gasteiger partial charge < -0.3 is 4.74 Å². The highest BCUT2D eigenvalue weighted by Crippen LogP contribution is 2.24. The molecule has 3 rings (SSSR count). The summed E-state index contributed by atoms with van der Waals surface area (Å²) in [4.78, 5) is 26.6. The number of hydrogen-bond donors (Lipinski definition) is 1. The molecule has 2 aromatic carbocycles. The van der Waals surface area contributed by atoms with Gasteiger partial charge in [0.15, 0.2) is 5.11 Å². The number of anilines is 1. The molecule has 1 aliphatic rings. The number of para-hydroxylation sites is 1. The number of nitrogens with zero attached hydrogens (tertiary/aromatic N) is 1. The minimum atomic E-state index is -0.510. The molecule has 0 atom stereocenters. The van der Waals surface area contributed by atoms with Crippen molar-refractivity contribution in [2.45, 2.75) is 6.92 Å². The van der Waals surface area contributed by atoms with Crippen molar-refractivity contribution < 1.29 is 14.3 Å². The van der Waals surface area contributed by atoms with Crippen molar-refractivity contribution in [2.75, 3.05) is 11.5 Å². The van der Waals surface area contributed by atoms with E-state index in [0.717, 1.165) is 3.57 Å². The number of benzene rings is 2. The molecular formula is C19H15IN2O3S. The van der Waals surface area contributed by atoms with Gasteiger partial charge in [-0.3, -0.25) is 19.8 Å². The van der Waals surface area contributed by atoms with E-state index in [-0.39, 0.29) is 10.7 Å². The summed E-state index contributed by atoms with van der Waals surface area (Å²) in [6, 6.07) is 14.5. The van der Waals surface area contributed by atoms with E-state index in [9.17, 15) is 9.59 Å². The van der Waals surface area contributed by atoms with Crippen molar-refractivity contribution in [3.8, 4) is 5.75 Å². The van der Waals surface area contributed by atoms with Crippen LogP contribution < -0.4 is 15.0 Å². The van der Waals surface area contributed by atoms with E-state index < -0.39 is 11.8 Å². The summed E-state index contributed by atoms with van der Waals surface area (Å²) >= 11 is 7.35. The molecule has 1 heterocycles. The normalized spacial score (nSPS) is 16.0. The first-order chi connectivity index (χ1) is 12.5. The quantitative estimate of drug-likeness (QED) is 0.316. The van der Waals surface area contributed by atoms with Gasteiger partial charge in [0, 0.05) is 3.57 Å². The highest BCUT2D eigenvalue weighted by atomic mass is 127. The SMILES string of the molecule is CCOc1cc(I)cc(/C=C2/C(=O)NC(=S)N(c3ccccc3)C2=O)c1. The molecule has 0 aromatic heterocycles. The highest BCUT2D eigenvalue weighted by molar-refractivity contribution is 14.1. The Bertz CT molecular complexity index is 912. The minimum absolute atomic E-state index is 0.0203. The predicted octanol–water partition coefficient (Wildman–Crippen LogP) is 3.52. The summed E-state index contributed by atoms with van der Waals surface area (Å²) in [7, 11) is 0. The molecule has 1 aliphatic heterocycles. The Morgan fingerprint density at radius 2 is 1.92 bits per heavy atom. The van der Waals surface area contributed by atoms with Gasteiger partial charge in [-0.15, -0.1) is 0 Å². The molecule has 0 unspecified atom stereocenters. The fourth-order valence-electron chi connectivity index (χ4n) is 2.55. The van der Waals surface area contributed by atoms with E-state index in [0.29, 0.717) is 23.6 Å². The zero-order valence-electron chi connectivity index (χ0n) is 13.9. The largest absolute Gasteiger partial charge is 0.494 e. The van der Waals surface area contributed by atoms with Gasteiger partial charge in [-0.25, -0.2) is 0 Å². The standard InChI is InChI=1S/C19H15IN2O3S/c1-2-25-15-9-12(8-13(20)11-15)10-16-17(23)21-19(26)22(18(16)24)14-6-4-3-5-7-14/h3-11H,2H2,1H3,(H,21,23,26)/b16-10-. The molecule has 2 amide bonds. The molecule has 0 spiro atoms. The lowest BCUT2D eigenvalue weighted by Gasteiger charge is -2.28. The molecule has 1 N–H and O–H groups in total. The Kier molecular flexibility index (Phi) is 5.67. The van der Waals surface area contributed by atoms with Crippen molar-refractivity contribution in [3.63, 3.8) is 0 Å². The average molecular weight is 478 g/mol. The van der Waals surface area contributed by atoms with E-state index in [1.807, 2.05) is 25.1 Å². The molecule has 1 saturated heterocycles. The number of nitrogens with one attached hydrogen (secondary N) is 1. The van der Waals surface area contributed by atoms with E-state index in [2.05, 4.69) is 27.9 Å². The van der Waals surface area contributed by atoms with Crippen LogP contribution in [0.2, 0.25) is 0 Å². The summed E-state index contributed by atoms with van der Waals surface area (Å²) in [5.74, 6) is -0.281. The molecule has 0 radical (unpaired) electrons. The zero-order chi connectivity index (χ0) is 18.7. The predicted molar refractivity (Wildman–Crippen MR) is 113 cm³/mol. The van der Waals surface area contributed by atoms with Crippen molar-refractivity contribution in [2.24, 2.45) is 0 Å². The van der Waals surface area contributed by atoms with Crippen LogP contribution in [0.15, 0.2) is 54.1 Å². The van der Waals surface area contributed by atoms with Crippen LogP contribution in [-0.2, 0) is 9.59 Å². The van der Waals surface area contributed by atoms with Crippen LogP contribution in [0.1, 0.15) is 12.5 Å². The third kappa shape index (κ3) is 3.94. The summed E-state index contributed by atoms with van der Waals surface area (Å²) < 4.78 is 6.47. The Morgan fingerprint density at radius 1 is 1.19 bits per heavy atom. The van der Waals surface area contributed by atoms with Gasteiger partial charge in [0.05, 0.1) is 12.3 Å². The third-order valence-corrected chi connectivity index (χ3v) is 4.54. The lowest BCUT2D eigenvalue weighted by molar-refractivity contribution is -0.122. The second-order valence-corrected chi connectivity index (χ2v) is 7.08. The molecular weight excluding hydrogens is 463 g/mol. The first-order valence-electron chi connectivity index (χ1n) is 7.89. The Balaban J connectivity index is 2.01. The number of carbonyl (C=O) groups excluding carboxylic acids is 2. The van der Waals surface area contributed by atoms with Crippen LogP contribution in [-0.4, -0.2) is 23.5 Å². The second-order valence-electron chi connectivity index (χ2n) is 5.45. The molecule has 132 valence electrons.